The zero-order chi connectivity index (χ0) is 18.7. The first-order chi connectivity index (χ1) is 12.3. The van der Waals surface area contributed by atoms with Crippen molar-refractivity contribution in [3.05, 3.63) is 80.7 Å². The molecule has 3 rings (SSSR count). The maximum Gasteiger partial charge on any atom is 0.416 e. The molecule has 26 heavy (non-hydrogen) atoms. The predicted molar refractivity (Wildman–Crippen MR) is 91.6 cm³/mol. The molecule has 0 fully saturated rings. The Kier molecular flexibility index (Phi) is 4.94. The normalized spacial score (nSPS) is 11.4. The van der Waals surface area contributed by atoms with Gasteiger partial charge in [0.05, 0.1) is 5.56 Å². The predicted octanol–water partition coefficient (Wildman–Crippen LogP) is 4.17. The van der Waals surface area contributed by atoms with E-state index < -0.39 is 17.3 Å². The van der Waals surface area contributed by atoms with Gasteiger partial charge in [-0.1, -0.05) is 29.8 Å². The van der Waals surface area contributed by atoms with E-state index in [0.29, 0.717) is 10.7 Å². The molecule has 0 spiro atoms. The van der Waals surface area contributed by atoms with Gasteiger partial charge in [-0.05, 0) is 35.9 Å². The lowest BCUT2D eigenvalue weighted by atomic mass is 10.1. The van der Waals surface area contributed by atoms with Crippen molar-refractivity contribution in [1.82, 2.24) is 15.2 Å². The van der Waals surface area contributed by atoms with Crippen molar-refractivity contribution in [2.24, 2.45) is 0 Å². The molecule has 0 radical (unpaired) electrons. The van der Waals surface area contributed by atoms with Crippen LogP contribution in [0.5, 0.6) is 0 Å². The molecule has 3 aromatic rings. The van der Waals surface area contributed by atoms with Gasteiger partial charge >= 0.3 is 6.18 Å². The summed E-state index contributed by atoms with van der Waals surface area (Å²) in [6.07, 6.45) is -4.20. The molecule has 0 amide bonds. The van der Waals surface area contributed by atoms with Crippen LogP contribution >= 0.6 is 11.6 Å². The summed E-state index contributed by atoms with van der Waals surface area (Å²) in [5, 5.41) is 10.9. The monoisotopic (exact) mass is 380 g/mol. The molecule has 2 aromatic carbocycles. The summed E-state index contributed by atoms with van der Waals surface area (Å²) in [6.45, 7) is 0. The van der Waals surface area contributed by atoms with Gasteiger partial charge in [0.15, 0.2) is 0 Å². The van der Waals surface area contributed by atoms with Crippen LogP contribution in [0, 0.1) is 0 Å². The molecule has 9 heteroatoms. The van der Waals surface area contributed by atoms with Crippen LogP contribution in [-0.2, 0) is 12.6 Å². The van der Waals surface area contributed by atoms with Crippen molar-refractivity contribution in [1.29, 1.82) is 0 Å². The maximum absolute atomic E-state index is 12.6. The Morgan fingerprint density at radius 1 is 1.04 bits per heavy atom. The lowest BCUT2D eigenvalue weighted by Crippen LogP contribution is -2.19. The third-order valence-corrected chi connectivity index (χ3v) is 3.92. The number of halogens is 4. The number of hydrogen-bond donors (Lipinski definition) is 2. The van der Waals surface area contributed by atoms with E-state index in [1.54, 1.807) is 24.3 Å². The molecule has 0 aliphatic rings. The third kappa shape index (κ3) is 4.20. The lowest BCUT2D eigenvalue weighted by molar-refractivity contribution is -0.137. The van der Waals surface area contributed by atoms with Gasteiger partial charge in [0.1, 0.15) is 5.69 Å². The minimum absolute atomic E-state index is 0.0256. The van der Waals surface area contributed by atoms with Crippen LogP contribution in [-0.4, -0.2) is 15.2 Å². The largest absolute Gasteiger partial charge is 0.416 e. The van der Waals surface area contributed by atoms with Gasteiger partial charge in [-0.15, -0.1) is 10.2 Å². The van der Waals surface area contributed by atoms with Gasteiger partial charge in [-0.3, -0.25) is 9.78 Å². The van der Waals surface area contributed by atoms with Crippen molar-refractivity contribution in [3.8, 4) is 0 Å². The van der Waals surface area contributed by atoms with Crippen LogP contribution in [0.15, 0.2) is 53.3 Å². The highest BCUT2D eigenvalue weighted by atomic mass is 35.5. The molecule has 5 nitrogen and oxygen atoms in total. The Morgan fingerprint density at radius 2 is 1.73 bits per heavy atom. The molecule has 0 bridgehead atoms. The van der Waals surface area contributed by atoms with Crippen LogP contribution in [0.3, 0.4) is 0 Å². The minimum atomic E-state index is -4.41. The first kappa shape index (κ1) is 17.9. The number of hydrogen-bond acceptors (Lipinski definition) is 4. The van der Waals surface area contributed by atoms with Crippen molar-refractivity contribution >= 4 is 23.2 Å². The third-order valence-electron chi connectivity index (χ3n) is 3.56. The first-order valence-electron chi connectivity index (χ1n) is 7.46. The van der Waals surface area contributed by atoms with E-state index in [1.807, 2.05) is 0 Å². The highest BCUT2D eigenvalue weighted by Gasteiger charge is 2.29. The Hall–Kier alpha value is -2.87. The fourth-order valence-electron chi connectivity index (χ4n) is 2.23. The molecular formula is C17H12ClF3N4O. The Balaban J connectivity index is 1.75. The van der Waals surface area contributed by atoms with Gasteiger partial charge in [0.25, 0.3) is 5.56 Å². The average molecular weight is 381 g/mol. The molecule has 0 saturated carbocycles. The second-order valence-electron chi connectivity index (χ2n) is 5.42. The summed E-state index contributed by atoms with van der Waals surface area (Å²) in [4.78, 5) is 14.6. The van der Waals surface area contributed by atoms with E-state index in [9.17, 15) is 18.0 Å². The summed E-state index contributed by atoms with van der Waals surface area (Å²) >= 11 is 6.06. The number of benzene rings is 2. The fraction of sp³-hybridized carbons (Fsp3) is 0.118. The molecule has 0 aliphatic heterocycles. The number of alkyl halides is 3. The van der Waals surface area contributed by atoms with E-state index >= 15 is 0 Å². The quantitative estimate of drug-likeness (QED) is 0.712. The summed E-state index contributed by atoms with van der Waals surface area (Å²) in [6, 6.07) is 11.4. The summed E-state index contributed by atoms with van der Waals surface area (Å²) in [7, 11) is 0. The lowest BCUT2D eigenvalue weighted by Gasteiger charge is -2.09. The molecule has 0 unspecified atom stereocenters. The van der Waals surface area contributed by atoms with Gasteiger partial charge < -0.3 is 5.32 Å². The Bertz CT molecular complexity index is 971. The van der Waals surface area contributed by atoms with Gasteiger partial charge in [0.2, 0.25) is 5.95 Å². The van der Waals surface area contributed by atoms with Crippen LogP contribution < -0.4 is 10.9 Å². The smallest absolute Gasteiger partial charge is 0.324 e. The summed E-state index contributed by atoms with van der Waals surface area (Å²) < 4.78 is 37.7. The fourth-order valence-corrected chi connectivity index (χ4v) is 2.44. The number of nitrogens with zero attached hydrogens (tertiary/aromatic N) is 2. The average Bonchev–Trinajstić information content (AvgIpc) is 2.59. The van der Waals surface area contributed by atoms with Crippen LogP contribution in [0.1, 0.15) is 16.8 Å². The molecule has 1 heterocycles. The molecule has 1 aromatic heterocycles. The van der Waals surface area contributed by atoms with Crippen molar-refractivity contribution < 1.29 is 13.2 Å². The van der Waals surface area contributed by atoms with Crippen LogP contribution in [0.4, 0.5) is 24.8 Å². The van der Waals surface area contributed by atoms with E-state index in [2.05, 4.69) is 20.5 Å². The van der Waals surface area contributed by atoms with E-state index in [-0.39, 0.29) is 18.1 Å². The van der Waals surface area contributed by atoms with Gasteiger partial charge in [-0.2, -0.15) is 13.2 Å². The minimum Gasteiger partial charge on any atom is -0.324 e. The second kappa shape index (κ2) is 7.17. The molecule has 134 valence electrons. The second-order valence-corrected chi connectivity index (χ2v) is 5.82. The number of aromatic nitrogens is 3. The molecule has 0 saturated heterocycles. The van der Waals surface area contributed by atoms with E-state index in [0.717, 1.165) is 17.7 Å². The number of anilines is 2. The Morgan fingerprint density at radius 3 is 2.35 bits per heavy atom. The summed E-state index contributed by atoms with van der Waals surface area (Å²) in [5.74, 6) is 0.0256. The molecule has 0 aliphatic carbocycles. The Labute approximate surface area is 150 Å². The molecule has 2 N–H and O–H groups in total. The zero-order valence-electron chi connectivity index (χ0n) is 13.1. The van der Waals surface area contributed by atoms with Crippen molar-refractivity contribution in [2.75, 3.05) is 5.32 Å². The molecular weight excluding hydrogens is 369 g/mol. The van der Waals surface area contributed by atoms with Crippen molar-refractivity contribution in [2.45, 2.75) is 12.6 Å². The highest BCUT2D eigenvalue weighted by Crippen LogP contribution is 2.30. The summed E-state index contributed by atoms with van der Waals surface area (Å²) in [5.41, 5.74) is 0.0161. The first-order valence-corrected chi connectivity index (χ1v) is 7.84. The topological polar surface area (TPSA) is 70.7 Å². The number of aromatic amines is 1. The van der Waals surface area contributed by atoms with Crippen LogP contribution in [0.25, 0.3) is 0 Å². The van der Waals surface area contributed by atoms with E-state index in [4.69, 9.17) is 11.6 Å². The number of nitrogens with one attached hydrogen (secondary N) is 2. The molecule has 0 atom stereocenters. The zero-order valence-corrected chi connectivity index (χ0v) is 13.9. The van der Waals surface area contributed by atoms with E-state index in [1.165, 1.54) is 12.1 Å². The number of H-pyrrole nitrogens is 1. The highest BCUT2D eigenvalue weighted by molar-refractivity contribution is 6.31. The maximum atomic E-state index is 12.6. The van der Waals surface area contributed by atoms with Crippen LogP contribution in [0.2, 0.25) is 5.02 Å². The van der Waals surface area contributed by atoms with Crippen molar-refractivity contribution in [3.63, 3.8) is 0 Å². The standard InChI is InChI=1S/C17H12ClF3N4O/c18-13-4-2-1-3-10(13)9-14-15(26)23-16(25-24-14)22-12-7-5-11(6-8-12)17(19,20)21/h1-8H,9H2,(H2,22,23,25,26). The SMILES string of the molecule is O=c1[nH]c(Nc2ccc(C(F)(F)F)cc2)nnc1Cc1ccccc1Cl. The van der Waals surface area contributed by atoms with Gasteiger partial charge in [0, 0.05) is 17.1 Å². The van der Waals surface area contributed by atoms with Gasteiger partial charge in [-0.25, -0.2) is 0 Å². The number of rotatable bonds is 4.